The van der Waals surface area contributed by atoms with Gasteiger partial charge < -0.3 is 4.98 Å². The fraction of sp³-hybridized carbons (Fsp3) is 0.0769. The zero-order valence-corrected chi connectivity index (χ0v) is 11.8. The summed E-state index contributed by atoms with van der Waals surface area (Å²) in [6.07, 6.45) is 0. The molecule has 0 aliphatic heterocycles. The summed E-state index contributed by atoms with van der Waals surface area (Å²) in [5.74, 6) is 0.150. The summed E-state index contributed by atoms with van der Waals surface area (Å²) in [5, 5.41) is 9.52. The molecule has 0 atom stereocenters. The lowest BCUT2D eigenvalue weighted by atomic mass is 10.2. The van der Waals surface area contributed by atoms with Crippen LogP contribution in [0.25, 0.3) is 21.7 Å². The molecule has 0 saturated carbocycles. The van der Waals surface area contributed by atoms with Gasteiger partial charge in [0.05, 0.1) is 23.0 Å². The molecule has 0 radical (unpaired) electrons. The molecule has 0 spiro atoms. The predicted octanol–water partition coefficient (Wildman–Crippen LogP) is 2.38. The number of benzene rings is 1. The summed E-state index contributed by atoms with van der Waals surface area (Å²) in [6.45, 7) is 0. The second-order valence-corrected chi connectivity index (χ2v) is 5.31. The van der Waals surface area contributed by atoms with Gasteiger partial charge in [-0.1, -0.05) is 0 Å². The fourth-order valence-corrected chi connectivity index (χ4v) is 2.78. The van der Waals surface area contributed by atoms with E-state index >= 15 is 0 Å². The number of aromatic amines is 1. The first-order chi connectivity index (χ1) is 10.2. The van der Waals surface area contributed by atoms with Crippen molar-refractivity contribution in [2.75, 3.05) is 12.6 Å². The van der Waals surface area contributed by atoms with Crippen molar-refractivity contribution in [1.29, 1.82) is 0 Å². The van der Waals surface area contributed by atoms with E-state index in [1.54, 1.807) is 30.8 Å². The Labute approximate surface area is 123 Å². The van der Waals surface area contributed by atoms with Crippen molar-refractivity contribution in [2.45, 2.75) is 0 Å². The van der Waals surface area contributed by atoms with E-state index in [4.69, 9.17) is 10.0 Å². The number of hydrogen-bond donors (Lipinski definition) is 4. The highest BCUT2D eigenvalue weighted by atomic mass is 32.1. The van der Waals surface area contributed by atoms with Crippen LogP contribution in [0.1, 0.15) is 10.4 Å². The molecule has 0 saturated heterocycles. The van der Waals surface area contributed by atoms with Crippen molar-refractivity contribution >= 4 is 33.3 Å². The maximum absolute atomic E-state index is 11.4. The summed E-state index contributed by atoms with van der Waals surface area (Å²) in [4.78, 5) is 24.8. The largest absolute Gasteiger partial charge is 0.337 e. The number of nitrogens with zero attached hydrogens (tertiary/aromatic N) is 1. The lowest BCUT2D eigenvalue weighted by molar-refractivity contribution is 0.0706. The molecule has 3 rings (SSSR count). The standard InChI is InChI=1S/C13H12N4O3S/c1-20-17-11-5-4-10(21-11)12-14-8-3-2-7(13(18)16-19)6-9(8)15-12/h2-6,17,19H,1H3,(H,14,15)(H,16,18). The number of thiophene rings is 1. The second kappa shape index (κ2) is 5.52. The summed E-state index contributed by atoms with van der Waals surface area (Å²) in [6, 6.07) is 8.78. The maximum atomic E-state index is 11.4. The third kappa shape index (κ3) is 2.59. The smallest absolute Gasteiger partial charge is 0.274 e. The molecule has 2 heterocycles. The first-order valence-corrected chi connectivity index (χ1v) is 6.86. The van der Waals surface area contributed by atoms with Crippen LogP contribution in [0, 0.1) is 0 Å². The van der Waals surface area contributed by atoms with E-state index in [1.807, 2.05) is 12.1 Å². The molecular formula is C13H12N4O3S. The maximum Gasteiger partial charge on any atom is 0.274 e. The highest BCUT2D eigenvalue weighted by molar-refractivity contribution is 7.19. The molecule has 1 aromatic carbocycles. The van der Waals surface area contributed by atoms with Gasteiger partial charge >= 0.3 is 0 Å². The van der Waals surface area contributed by atoms with E-state index in [-0.39, 0.29) is 0 Å². The fourth-order valence-electron chi connectivity index (χ4n) is 1.95. The van der Waals surface area contributed by atoms with Gasteiger partial charge in [-0.2, -0.15) is 0 Å². The molecule has 8 heteroatoms. The number of nitrogens with one attached hydrogen (secondary N) is 3. The molecule has 0 unspecified atom stereocenters. The molecule has 3 aromatic rings. The van der Waals surface area contributed by atoms with Crippen molar-refractivity contribution in [1.82, 2.24) is 15.4 Å². The van der Waals surface area contributed by atoms with E-state index in [9.17, 15) is 4.79 Å². The van der Waals surface area contributed by atoms with E-state index in [1.165, 1.54) is 11.3 Å². The van der Waals surface area contributed by atoms with E-state index in [2.05, 4.69) is 15.4 Å². The van der Waals surface area contributed by atoms with Gasteiger partial charge in [-0.3, -0.25) is 20.3 Å². The Morgan fingerprint density at radius 3 is 3.00 bits per heavy atom. The quantitative estimate of drug-likeness (QED) is 0.438. The highest BCUT2D eigenvalue weighted by Gasteiger charge is 2.11. The molecule has 2 aromatic heterocycles. The number of hydroxylamine groups is 1. The first kappa shape index (κ1) is 13.6. The Morgan fingerprint density at radius 1 is 1.38 bits per heavy atom. The van der Waals surface area contributed by atoms with Crippen LogP contribution in [-0.2, 0) is 4.84 Å². The van der Waals surface area contributed by atoms with Crippen LogP contribution in [0.5, 0.6) is 0 Å². The van der Waals surface area contributed by atoms with Crippen LogP contribution in [0.3, 0.4) is 0 Å². The zero-order chi connectivity index (χ0) is 14.8. The Morgan fingerprint density at radius 2 is 2.24 bits per heavy atom. The molecule has 0 aliphatic carbocycles. The lowest BCUT2D eigenvalue weighted by Crippen LogP contribution is -2.18. The minimum Gasteiger partial charge on any atom is -0.337 e. The minimum absolute atomic E-state index is 0.355. The second-order valence-electron chi connectivity index (χ2n) is 4.23. The summed E-state index contributed by atoms with van der Waals surface area (Å²) in [5.41, 5.74) is 6.19. The predicted molar refractivity (Wildman–Crippen MR) is 79.3 cm³/mol. The molecule has 108 valence electrons. The molecule has 21 heavy (non-hydrogen) atoms. The Hall–Kier alpha value is -2.42. The number of rotatable bonds is 4. The van der Waals surface area contributed by atoms with E-state index in [0.29, 0.717) is 11.4 Å². The third-order valence-electron chi connectivity index (χ3n) is 2.89. The molecule has 4 N–H and O–H groups in total. The van der Waals surface area contributed by atoms with E-state index < -0.39 is 5.91 Å². The average molecular weight is 304 g/mol. The van der Waals surface area contributed by atoms with Crippen LogP contribution < -0.4 is 11.0 Å². The number of aromatic nitrogens is 2. The number of amides is 1. The summed E-state index contributed by atoms with van der Waals surface area (Å²) < 4.78 is 0. The molecule has 1 amide bonds. The van der Waals surface area contributed by atoms with Crippen LogP contribution in [-0.4, -0.2) is 28.2 Å². The highest BCUT2D eigenvalue weighted by Crippen LogP contribution is 2.30. The van der Waals surface area contributed by atoms with Crippen molar-refractivity contribution in [3.8, 4) is 10.7 Å². The van der Waals surface area contributed by atoms with E-state index in [0.717, 1.165) is 20.9 Å². The number of imidazole rings is 1. The number of carbonyl (C=O) groups excluding carboxylic acids is 1. The molecule has 7 nitrogen and oxygen atoms in total. The van der Waals surface area contributed by atoms with Crippen LogP contribution in [0.15, 0.2) is 30.3 Å². The van der Waals surface area contributed by atoms with Gasteiger partial charge in [0, 0.05) is 5.56 Å². The van der Waals surface area contributed by atoms with Crippen molar-refractivity contribution < 1.29 is 14.8 Å². The van der Waals surface area contributed by atoms with Gasteiger partial charge in [0.1, 0.15) is 10.8 Å². The van der Waals surface area contributed by atoms with Crippen LogP contribution in [0.4, 0.5) is 5.00 Å². The number of fused-ring (bicyclic) bond motifs is 1. The van der Waals surface area contributed by atoms with Gasteiger partial charge in [0.25, 0.3) is 5.91 Å². The summed E-state index contributed by atoms with van der Waals surface area (Å²) >= 11 is 1.49. The first-order valence-electron chi connectivity index (χ1n) is 6.04. The Balaban J connectivity index is 1.98. The Kier molecular flexibility index (Phi) is 3.57. The van der Waals surface area contributed by atoms with Gasteiger partial charge in [0.15, 0.2) is 0 Å². The number of hydrogen-bond acceptors (Lipinski definition) is 6. The van der Waals surface area contributed by atoms with Gasteiger partial charge in [-0.25, -0.2) is 10.5 Å². The number of carbonyl (C=O) groups is 1. The third-order valence-corrected chi connectivity index (χ3v) is 3.88. The lowest BCUT2D eigenvalue weighted by Gasteiger charge is -1.97. The van der Waals surface area contributed by atoms with Crippen molar-refractivity contribution in [2.24, 2.45) is 0 Å². The molecule has 0 fully saturated rings. The van der Waals surface area contributed by atoms with Gasteiger partial charge in [-0.15, -0.1) is 11.3 Å². The normalized spacial score (nSPS) is 10.8. The van der Waals surface area contributed by atoms with Crippen molar-refractivity contribution in [3.63, 3.8) is 0 Å². The van der Waals surface area contributed by atoms with Crippen LogP contribution in [0.2, 0.25) is 0 Å². The summed E-state index contributed by atoms with van der Waals surface area (Å²) in [7, 11) is 1.55. The SMILES string of the molecule is CONc1ccc(-c2nc3ccc(C(=O)NO)cc3[nH]2)s1. The number of H-pyrrole nitrogens is 1. The topological polar surface area (TPSA) is 99.3 Å². The van der Waals surface area contributed by atoms with Gasteiger partial charge in [-0.05, 0) is 30.3 Å². The Bertz CT molecular complexity index is 796. The zero-order valence-electron chi connectivity index (χ0n) is 11.0. The molecular weight excluding hydrogens is 292 g/mol. The molecule has 0 bridgehead atoms. The average Bonchev–Trinajstić information content (AvgIpc) is 3.12. The molecule has 0 aliphatic rings. The monoisotopic (exact) mass is 304 g/mol. The van der Waals surface area contributed by atoms with Crippen molar-refractivity contribution in [3.05, 3.63) is 35.9 Å². The van der Waals surface area contributed by atoms with Crippen LogP contribution >= 0.6 is 11.3 Å². The van der Waals surface area contributed by atoms with Gasteiger partial charge in [0.2, 0.25) is 0 Å². The number of anilines is 1. The minimum atomic E-state index is -0.559.